The van der Waals surface area contributed by atoms with Gasteiger partial charge in [-0.1, -0.05) is 0 Å². The molecule has 7 heteroatoms. The summed E-state index contributed by atoms with van der Waals surface area (Å²) in [5.74, 6) is 0.305. The lowest BCUT2D eigenvalue weighted by Crippen LogP contribution is -2.34. The zero-order valence-corrected chi connectivity index (χ0v) is 14.7. The first-order valence-corrected chi connectivity index (χ1v) is 9.24. The third-order valence-electron chi connectivity index (χ3n) is 5.28. The number of rotatable bonds is 4. The molecular weight excluding hydrogens is 330 g/mol. The molecule has 4 rings (SSSR count). The number of aryl methyl sites for hydroxylation is 1. The molecule has 2 aliphatic rings. The van der Waals surface area contributed by atoms with Gasteiger partial charge in [-0.2, -0.15) is 5.10 Å². The Balaban J connectivity index is 1.40. The second-order valence-electron chi connectivity index (χ2n) is 7.04. The molecule has 0 bridgehead atoms. The summed E-state index contributed by atoms with van der Waals surface area (Å²) in [7, 11) is 0. The minimum absolute atomic E-state index is 0.101. The van der Waals surface area contributed by atoms with Crippen LogP contribution in [0.2, 0.25) is 0 Å². The van der Waals surface area contributed by atoms with E-state index in [9.17, 15) is 9.59 Å². The van der Waals surface area contributed by atoms with E-state index in [1.165, 1.54) is 0 Å². The molecule has 0 radical (unpaired) electrons. The number of carbonyl (C=O) groups is 2. The normalized spacial score (nSPS) is 19.2. The lowest BCUT2D eigenvalue weighted by atomic mass is 9.94. The molecule has 2 aromatic rings. The van der Waals surface area contributed by atoms with Gasteiger partial charge in [-0.3, -0.25) is 19.3 Å². The summed E-state index contributed by atoms with van der Waals surface area (Å²) in [6.07, 6.45) is 8.81. The Kier molecular flexibility index (Phi) is 4.69. The average molecular weight is 353 g/mol. The quantitative estimate of drug-likeness (QED) is 0.903. The van der Waals surface area contributed by atoms with Crippen molar-refractivity contribution in [3.05, 3.63) is 47.5 Å². The van der Waals surface area contributed by atoms with Crippen molar-refractivity contribution in [1.82, 2.24) is 25.0 Å². The smallest absolute Gasteiger partial charge is 0.257 e. The van der Waals surface area contributed by atoms with E-state index in [2.05, 4.69) is 15.4 Å². The number of hydrogen-bond donors (Lipinski definition) is 1. The molecule has 0 saturated carbocycles. The van der Waals surface area contributed by atoms with Crippen molar-refractivity contribution >= 4 is 11.8 Å². The van der Waals surface area contributed by atoms with Gasteiger partial charge in [-0.25, -0.2) is 0 Å². The maximum absolute atomic E-state index is 12.7. The van der Waals surface area contributed by atoms with Gasteiger partial charge in [-0.15, -0.1) is 0 Å². The number of amides is 2. The summed E-state index contributed by atoms with van der Waals surface area (Å²) in [6, 6.07) is 3.51. The summed E-state index contributed by atoms with van der Waals surface area (Å²) in [6.45, 7) is 3.06. The van der Waals surface area contributed by atoms with Crippen LogP contribution in [0.3, 0.4) is 0 Å². The van der Waals surface area contributed by atoms with Gasteiger partial charge in [0.05, 0.1) is 23.0 Å². The minimum atomic E-state index is -0.106. The van der Waals surface area contributed by atoms with Crippen molar-refractivity contribution in [1.29, 1.82) is 0 Å². The summed E-state index contributed by atoms with van der Waals surface area (Å²) in [4.78, 5) is 30.8. The van der Waals surface area contributed by atoms with Gasteiger partial charge in [0.1, 0.15) is 0 Å². The molecule has 26 heavy (non-hydrogen) atoms. The van der Waals surface area contributed by atoms with E-state index >= 15 is 0 Å². The maximum atomic E-state index is 12.7. The SMILES string of the molecule is O=C(NCC1CCn2ncc(C(=O)N3CCCC3)c2C1)c1cccnc1. The summed E-state index contributed by atoms with van der Waals surface area (Å²) >= 11 is 0. The average Bonchev–Trinajstić information content (AvgIpc) is 3.36. The van der Waals surface area contributed by atoms with Crippen molar-refractivity contribution in [2.75, 3.05) is 19.6 Å². The minimum Gasteiger partial charge on any atom is -0.352 e. The lowest BCUT2D eigenvalue weighted by molar-refractivity contribution is 0.0790. The largest absolute Gasteiger partial charge is 0.352 e. The molecule has 1 atom stereocenters. The Bertz CT molecular complexity index is 796. The third-order valence-corrected chi connectivity index (χ3v) is 5.28. The number of aromatic nitrogens is 3. The molecule has 7 nitrogen and oxygen atoms in total. The first-order chi connectivity index (χ1) is 12.7. The number of fused-ring (bicyclic) bond motifs is 1. The van der Waals surface area contributed by atoms with Crippen LogP contribution in [0.1, 0.15) is 45.7 Å². The molecule has 2 aliphatic heterocycles. The maximum Gasteiger partial charge on any atom is 0.257 e. The van der Waals surface area contributed by atoms with E-state index in [1.807, 2.05) is 9.58 Å². The summed E-state index contributed by atoms with van der Waals surface area (Å²) in [5.41, 5.74) is 2.31. The molecule has 0 aliphatic carbocycles. The van der Waals surface area contributed by atoms with E-state index < -0.39 is 0 Å². The van der Waals surface area contributed by atoms with Gasteiger partial charge in [-0.05, 0) is 43.7 Å². The Labute approximate surface area is 152 Å². The standard InChI is InChI=1S/C19H23N5O2/c25-18(15-4-3-6-20-12-15)21-11-14-5-9-24-17(10-14)16(13-22-24)19(26)23-7-1-2-8-23/h3-4,6,12-14H,1-2,5,7-11H2,(H,21,25). The van der Waals surface area contributed by atoms with Crippen LogP contribution in [0.25, 0.3) is 0 Å². The molecule has 136 valence electrons. The van der Waals surface area contributed by atoms with Gasteiger partial charge < -0.3 is 10.2 Å². The van der Waals surface area contributed by atoms with Crippen LogP contribution in [0.5, 0.6) is 0 Å². The first kappa shape index (κ1) is 16.8. The Morgan fingerprint density at radius 3 is 2.81 bits per heavy atom. The fourth-order valence-electron chi connectivity index (χ4n) is 3.78. The topological polar surface area (TPSA) is 80.1 Å². The number of likely N-dealkylation sites (tertiary alicyclic amines) is 1. The second kappa shape index (κ2) is 7.27. The summed E-state index contributed by atoms with van der Waals surface area (Å²) < 4.78 is 1.95. The number of nitrogens with zero attached hydrogens (tertiary/aromatic N) is 4. The van der Waals surface area contributed by atoms with E-state index in [4.69, 9.17) is 0 Å². The monoisotopic (exact) mass is 353 g/mol. The van der Waals surface area contributed by atoms with Gasteiger partial charge in [0.2, 0.25) is 0 Å². The zero-order chi connectivity index (χ0) is 17.9. The lowest BCUT2D eigenvalue weighted by Gasteiger charge is -2.25. The van der Waals surface area contributed by atoms with Crippen LogP contribution < -0.4 is 5.32 Å². The number of pyridine rings is 1. The van der Waals surface area contributed by atoms with Gasteiger partial charge in [0.25, 0.3) is 11.8 Å². The molecule has 1 fully saturated rings. The Hall–Kier alpha value is -2.70. The van der Waals surface area contributed by atoms with Crippen LogP contribution in [0.15, 0.2) is 30.7 Å². The fraction of sp³-hybridized carbons (Fsp3) is 0.474. The van der Waals surface area contributed by atoms with E-state index in [0.717, 1.165) is 56.6 Å². The predicted molar refractivity (Wildman–Crippen MR) is 95.7 cm³/mol. The zero-order valence-electron chi connectivity index (χ0n) is 14.7. The first-order valence-electron chi connectivity index (χ1n) is 9.24. The second-order valence-corrected chi connectivity index (χ2v) is 7.04. The number of hydrogen-bond acceptors (Lipinski definition) is 4. The fourth-order valence-corrected chi connectivity index (χ4v) is 3.78. The van der Waals surface area contributed by atoms with Crippen LogP contribution in [-0.2, 0) is 13.0 Å². The Morgan fingerprint density at radius 2 is 2.04 bits per heavy atom. The van der Waals surface area contributed by atoms with Gasteiger partial charge in [0, 0.05) is 38.6 Å². The third kappa shape index (κ3) is 3.34. The molecule has 1 N–H and O–H groups in total. The molecule has 0 spiro atoms. The van der Waals surface area contributed by atoms with Crippen molar-refractivity contribution in [3.8, 4) is 0 Å². The molecular formula is C19H23N5O2. The molecule has 4 heterocycles. The molecule has 2 amide bonds. The van der Waals surface area contributed by atoms with Gasteiger partial charge >= 0.3 is 0 Å². The number of carbonyl (C=O) groups excluding carboxylic acids is 2. The van der Waals surface area contributed by atoms with Crippen LogP contribution in [0.4, 0.5) is 0 Å². The van der Waals surface area contributed by atoms with E-state index in [1.54, 1.807) is 30.7 Å². The molecule has 1 unspecified atom stereocenters. The highest BCUT2D eigenvalue weighted by molar-refractivity contribution is 5.95. The molecule has 0 aromatic carbocycles. The van der Waals surface area contributed by atoms with Crippen LogP contribution in [-0.4, -0.2) is 51.1 Å². The number of nitrogens with one attached hydrogen (secondary N) is 1. The highest BCUT2D eigenvalue weighted by atomic mass is 16.2. The molecule has 2 aromatic heterocycles. The van der Waals surface area contributed by atoms with Crippen molar-refractivity contribution in [3.63, 3.8) is 0 Å². The predicted octanol–water partition coefficient (Wildman–Crippen LogP) is 1.51. The van der Waals surface area contributed by atoms with E-state index in [-0.39, 0.29) is 11.8 Å². The van der Waals surface area contributed by atoms with E-state index in [0.29, 0.717) is 18.0 Å². The Morgan fingerprint density at radius 1 is 1.19 bits per heavy atom. The summed E-state index contributed by atoms with van der Waals surface area (Å²) in [5, 5.41) is 7.39. The van der Waals surface area contributed by atoms with Crippen molar-refractivity contribution in [2.24, 2.45) is 5.92 Å². The van der Waals surface area contributed by atoms with Crippen LogP contribution >= 0.6 is 0 Å². The highest BCUT2D eigenvalue weighted by Crippen LogP contribution is 2.24. The van der Waals surface area contributed by atoms with Crippen molar-refractivity contribution in [2.45, 2.75) is 32.2 Å². The van der Waals surface area contributed by atoms with Crippen LogP contribution in [0, 0.1) is 5.92 Å². The van der Waals surface area contributed by atoms with Gasteiger partial charge in [0.15, 0.2) is 0 Å². The highest BCUT2D eigenvalue weighted by Gasteiger charge is 2.28. The molecule has 1 saturated heterocycles. The van der Waals surface area contributed by atoms with Crippen molar-refractivity contribution < 1.29 is 9.59 Å².